The lowest BCUT2D eigenvalue weighted by Gasteiger charge is -2.19. The highest BCUT2D eigenvalue weighted by molar-refractivity contribution is 5.76. The maximum absolute atomic E-state index is 12.5. The lowest BCUT2D eigenvalue weighted by atomic mass is 10.0. The minimum atomic E-state index is -0.859. The van der Waals surface area contributed by atoms with Crippen molar-refractivity contribution in [3.8, 4) is 0 Å². The van der Waals surface area contributed by atoms with Gasteiger partial charge in [0.1, 0.15) is 0 Å². The van der Waals surface area contributed by atoms with E-state index in [1.54, 1.807) is 6.08 Å². The van der Waals surface area contributed by atoms with Gasteiger partial charge in [0, 0.05) is 6.42 Å². The molecule has 0 fully saturated rings. The highest BCUT2D eigenvalue weighted by Crippen LogP contribution is 2.18. The standard InChI is InChI=1S/C61H119NO3/c1-3-5-7-9-11-13-15-17-19-21-23-24-25-26-27-28-29-30-31-32-33-34-35-36-37-39-41-43-45-47-49-51-53-55-57-61(65)62-59(58-63)60(64)56-54-52-50-48-46-44-42-40-38-22-20-18-16-14-12-10-8-6-4-2/h46,48,54,56,59-60,63-64H,3-45,47,49-53,55,57-58H2,1-2H3,(H,62,65)/b48-46+,56-54+. The number of aliphatic hydroxyl groups excluding tert-OH is 2. The number of amides is 1. The average molecular weight is 915 g/mol. The second-order valence-electron chi connectivity index (χ2n) is 20.8. The fourth-order valence-corrected chi connectivity index (χ4v) is 9.61. The minimum absolute atomic E-state index is 0.0662. The Balaban J connectivity index is 3.42. The van der Waals surface area contributed by atoms with Crippen LogP contribution in [0.5, 0.6) is 0 Å². The Morgan fingerprint density at radius 3 is 0.892 bits per heavy atom. The predicted octanol–water partition coefficient (Wildman–Crippen LogP) is 19.9. The average Bonchev–Trinajstić information content (AvgIpc) is 3.31. The van der Waals surface area contributed by atoms with Crippen molar-refractivity contribution in [2.75, 3.05) is 6.61 Å². The number of carbonyl (C=O) groups excluding carboxylic acids is 1. The van der Waals surface area contributed by atoms with Gasteiger partial charge in [-0.1, -0.05) is 327 Å². The molecule has 2 unspecified atom stereocenters. The molecule has 0 aromatic rings. The molecule has 3 N–H and O–H groups in total. The van der Waals surface area contributed by atoms with Crippen LogP contribution in [0, 0.1) is 0 Å². The summed E-state index contributed by atoms with van der Waals surface area (Å²) in [6.07, 6.45) is 76.6. The molecule has 0 saturated carbocycles. The smallest absolute Gasteiger partial charge is 0.220 e. The molecule has 0 aromatic heterocycles. The molecule has 4 nitrogen and oxygen atoms in total. The molecule has 386 valence electrons. The molecule has 0 rings (SSSR count). The number of nitrogens with one attached hydrogen (secondary N) is 1. The van der Waals surface area contributed by atoms with Crippen molar-refractivity contribution >= 4 is 5.91 Å². The molecule has 0 aliphatic carbocycles. The lowest BCUT2D eigenvalue weighted by Crippen LogP contribution is -2.45. The summed E-state index contributed by atoms with van der Waals surface area (Å²) in [5.74, 6) is -0.0662. The Bertz CT molecular complexity index is 947. The Hall–Kier alpha value is -1.13. The molecule has 1 amide bonds. The monoisotopic (exact) mass is 914 g/mol. The number of hydrogen-bond donors (Lipinski definition) is 3. The van der Waals surface area contributed by atoms with Crippen LogP contribution in [-0.2, 0) is 4.79 Å². The summed E-state index contributed by atoms with van der Waals surface area (Å²) in [7, 11) is 0. The number of aliphatic hydroxyl groups is 2. The van der Waals surface area contributed by atoms with Crippen LogP contribution in [0.15, 0.2) is 24.3 Å². The first-order valence-electron chi connectivity index (χ1n) is 30.1. The van der Waals surface area contributed by atoms with E-state index in [9.17, 15) is 15.0 Å². The third kappa shape index (κ3) is 53.7. The zero-order valence-electron chi connectivity index (χ0n) is 44.5. The highest BCUT2D eigenvalue weighted by atomic mass is 16.3. The van der Waals surface area contributed by atoms with Gasteiger partial charge in [0.05, 0.1) is 18.8 Å². The van der Waals surface area contributed by atoms with Crippen molar-refractivity contribution in [3.05, 3.63) is 24.3 Å². The molecule has 0 aromatic carbocycles. The summed E-state index contributed by atoms with van der Waals surface area (Å²) < 4.78 is 0. The van der Waals surface area contributed by atoms with Crippen molar-refractivity contribution in [1.29, 1.82) is 0 Å². The summed E-state index contributed by atoms with van der Waals surface area (Å²) in [5.41, 5.74) is 0. The fraction of sp³-hybridized carbons (Fsp3) is 0.918. The summed E-state index contributed by atoms with van der Waals surface area (Å²) in [4.78, 5) is 12.5. The van der Waals surface area contributed by atoms with Crippen molar-refractivity contribution in [2.45, 2.75) is 353 Å². The van der Waals surface area contributed by atoms with E-state index in [0.717, 1.165) is 32.1 Å². The summed E-state index contributed by atoms with van der Waals surface area (Å²) in [6, 6.07) is -0.636. The van der Waals surface area contributed by atoms with Gasteiger partial charge in [0.15, 0.2) is 0 Å². The molecule has 65 heavy (non-hydrogen) atoms. The van der Waals surface area contributed by atoms with Crippen molar-refractivity contribution in [3.63, 3.8) is 0 Å². The van der Waals surface area contributed by atoms with E-state index >= 15 is 0 Å². The van der Waals surface area contributed by atoms with Crippen LogP contribution in [0.3, 0.4) is 0 Å². The Morgan fingerprint density at radius 1 is 0.354 bits per heavy atom. The maximum Gasteiger partial charge on any atom is 0.220 e. The van der Waals surface area contributed by atoms with Crippen LogP contribution in [0.4, 0.5) is 0 Å². The van der Waals surface area contributed by atoms with Gasteiger partial charge in [-0.05, 0) is 32.1 Å². The number of rotatable bonds is 56. The van der Waals surface area contributed by atoms with Gasteiger partial charge in [-0.3, -0.25) is 4.79 Å². The van der Waals surface area contributed by atoms with Gasteiger partial charge >= 0.3 is 0 Å². The van der Waals surface area contributed by atoms with Gasteiger partial charge in [-0.25, -0.2) is 0 Å². The summed E-state index contributed by atoms with van der Waals surface area (Å²) in [6.45, 7) is 4.34. The van der Waals surface area contributed by atoms with E-state index < -0.39 is 12.1 Å². The van der Waals surface area contributed by atoms with Crippen LogP contribution in [0.25, 0.3) is 0 Å². The van der Waals surface area contributed by atoms with E-state index in [1.165, 1.54) is 289 Å². The Morgan fingerprint density at radius 2 is 0.600 bits per heavy atom. The molecule has 0 aliphatic heterocycles. The van der Waals surface area contributed by atoms with Gasteiger partial charge in [-0.15, -0.1) is 0 Å². The normalized spacial score (nSPS) is 12.9. The zero-order valence-corrected chi connectivity index (χ0v) is 44.5. The van der Waals surface area contributed by atoms with E-state index in [4.69, 9.17) is 0 Å². The van der Waals surface area contributed by atoms with Crippen LogP contribution in [0.1, 0.15) is 341 Å². The second kappa shape index (κ2) is 57.2. The van der Waals surface area contributed by atoms with Crippen LogP contribution >= 0.6 is 0 Å². The number of hydrogen-bond acceptors (Lipinski definition) is 3. The third-order valence-electron chi connectivity index (χ3n) is 14.2. The minimum Gasteiger partial charge on any atom is -0.394 e. The lowest BCUT2D eigenvalue weighted by molar-refractivity contribution is -0.123. The molecular weight excluding hydrogens is 795 g/mol. The van der Waals surface area contributed by atoms with Gasteiger partial charge in [0.25, 0.3) is 0 Å². The number of allylic oxidation sites excluding steroid dienone is 3. The Kier molecular flexibility index (Phi) is 56.2. The molecule has 0 saturated heterocycles. The van der Waals surface area contributed by atoms with E-state index in [-0.39, 0.29) is 12.5 Å². The van der Waals surface area contributed by atoms with E-state index in [2.05, 4.69) is 31.3 Å². The Labute approximate surface area is 409 Å². The highest BCUT2D eigenvalue weighted by Gasteiger charge is 2.18. The molecule has 0 aliphatic rings. The summed E-state index contributed by atoms with van der Waals surface area (Å²) in [5, 5.41) is 23.1. The number of carbonyl (C=O) groups is 1. The fourth-order valence-electron chi connectivity index (χ4n) is 9.61. The second-order valence-corrected chi connectivity index (χ2v) is 20.8. The first-order chi connectivity index (χ1) is 32.2. The third-order valence-corrected chi connectivity index (χ3v) is 14.2. The first-order valence-corrected chi connectivity index (χ1v) is 30.1. The van der Waals surface area contributed by atoms with Gasteiger partial charge in [-0.2, -0.15) is 0 Å². The predicted molar refractivity (Wildman–Crippen MR) is 290 cm³/mol. The van der Waals surface area contributed by atoms with Crippen LogP contribution in [-0.4, -0.2) is 34.9 Å². The van der Waals surface area contributed by atoms with Crippen molar-refractivity contribution in [2.24, 2.45) is 0 Å². The molecule has 4 heteroatoms. The molecule has 0 radical (unpaired) electrons. The number of unbranched alkanes of at least 4 members (excludes halogenated alkanes) is 47. The van der Waals surface area contributed by atoms with Crippen LogP contribution < -0.4 is 5.32 Å². The van der Waals surface area contributed by atoms with Crippen molar-refractivity contribution < 1.29 is 15.0 Å². The SMILES string of the molecule is CCCCCCCCCCCCCCC/C=C/CC/C=C/C(O)C(CO)NC(=O)CCCCCCCCCCCCCCCCCCCCCCCCCCCCCCCCCCCC. The maximum atomic E-state index is 12.5. The zero-order chi connectivity index (χ0) is 47.0. The molecule has 0 bridgehead atoms. The quantitative estimate of drug-likeness (QED) is 0.0421. The van der Waals surface area contributed by atoms with E-state index in [0.29, 0.717) is 6.42 Å². The van der Waals surface area contributed by atoms with E-state index in [1.807, 2.05) is 6.08 Å². The first kappa shape index (κ1) is 63.9. The van der Waals surface area contributed by atoms with Crippen LogP contribution in [0.2, 0.25) is 0 Å². The molecular formula is C61H119NO3. The molecule has 2 atom stereocenters. The largest absolute Gasteiger partial charge is 0.394 e. The molecule has 0 spiro atoms. The summed E-state index contributed by atoms with van der Waals surface area (Å²) >= 11 is 0. The van der Waals surface area contributed by atoms with Gasteiger partial charge < -0.3 is 15.5 Å². The van der Waals surface area contributed by atoms with Gasteiger partial charge in [0.2, 0.25) is 5.91 Å². The van der Waals surface area contributed by atoms with Crippen molar-refractivity contribution in [1.82, 2.24) is 5.32 Å². The molecule has 0 heterocycles. The topological polar surface area (TPSA) is 69.6 Å².